The fourth-order valence-electron chi connectivity index (χ4n) is 4.45. The Balaban J connectivity index is 1.31. The molecule has 0 unspecified atom stereocenters. The molecule has 0 radical (unpaired) electrons. The number of amides is 2. The average Bonchev–Trinajstić information content (AvgIpc) is 3.03. The second kappa shape index (κ2) is 13.3. The minimum atomic E-state index is -4.56. The largest absolute Gasteiger partial charge is 0.334 e. The lowest BCUT2D eigenvalue weighted by Crippen LogP contribution is -2.28. The second-order valence-electron chi connectivity index (χ2n) is 9.52. The topological polar surface area (TPSA) is 168 Å². The first kappa shape index (κ1) is 32.1. The Kier molecular flexibility index (Phi) is 9.50. The molecule has 0 aliphatic rings. The van der Waals surface area contributed by atoms with Crippen molar-refractivity contribution in [3.63, 3.8) is 0 Å². The number of nitrogens with one attached hydrogen (secondary N) is 2. The summed E-state index contributed by atoms with van der Waals surface area (Å²) in [6.07, 6.45) is 0. The van der Waals surface area contributed by atoms with Crippen LogP contribution in [0.2, 0.25) is 0 Å². The molecule has 0 aliphatic carbocycles. The number of hydrogen-bond donors (Lipinski definition) is 4. The molecule has 0 atom stereocenters. The van der Waals surface area contributed by atoms with Crippen LogP contribution in [0, 0.1) is 5.82 Å². The molecule has 5 aromatic carbocycles. The third-order valence-corrected chi connectivity index (χ3v) is 9.88. The molecule has 232 valence electrons. The van der Waals surface area contributed by atoms with Gasteiger partial charge in [0.15, 0.2) is 0 Å². The highest BCUT2D eigenvalue weighted by atomic mass is 32.2. The van der Waals surface area contributed by atoms with Gasteiger partial charge >= 0.3 is 6.03 Å². The quantitative estimate of drug-likeness (QED) is 0.0559. The van der Waals surface area contributed by atoms with Crippen molar-refractivity contribution in [3.8, 4) is 11.1 Å². The van der Waals surface area contributed by atoms with Gasteiger partial charge in [-0.1, -0.05) is 41.4 Å². The van der Waals surface area contributed by atoms with Gasteiger partial charge in [0.1, 0.15) is 5.82 Å². The summed E-state index contributed by atoms with van der Waals surface area (Å²) in [5.41, 5.74) is 1.50. The standard InChI is InChI=1S/C30H23FN2O9S3/c31-28-13-6-19(18-32-30(34)33-22-9-11-24(12-10-22)44(36,37)23-4-2-1-3-5-23)14-26(28)21-8-7-20-15-25(45(38,39)40)17-29(27(20)16-21)43-42-41-35/h1-17,35H,18H2,(H2,32,33,34)(H,38,39,40). The highest BCUT2D eigenvalue weighted by molar-refractivity contribution is 7.94. The fourth-order valence-corrected chi connectivity index (χ4v) is 6.89. The molecule has 5 rings (SSSR count). The van der Waals surface area contributed by atoms with Crippen LogP contribution >= 0.6 is 12.0 Å². The van der Waals surface area contributed by atoms with E-state index in [0.717, 1.165) is 6.07 Å². The van der Waals surface area contributed by atoms with Crippen molar-refractivity contribution in [1.82, 2.24) is 5.32 Å². The molecule has 0 spiro atoms. The summed E-state index contributed by atoms with van der Waals surface area (Å²) in [5, 5.41) is 18.3. The number of carbonyl (C=O) groups is 1. The van der Waals surface area contributed by atoms with Crippen LogP contribution in [-0.4, -0.2) is 32.7 Å². The smallest absolute Gasteiger partial charge is 0.319 e. The Labute approximate surface area is 261 Å². The summed E-state index contributed by atoms with van der Waals surface area (Å²) in [4.78, 5) is 12.5. The molecular formula is C30H23FN2O9S3. The predicted molar refractivity (Wildman–Crippen MR) is 164 cm³/mol. The highest BCUT2D eigenvalue weighted by Gasteiger charge is 2.18. The Morgan fingerprint density at radius 1 is 0.822 bits per heavy atom. The van der Waals surface area contributed by atoms with Gasteiger partial charge in [0, 0.05) is 22.7 Å². The van der Waals surface area contributed by atoms with Gasteiger partial charge in [-0.05, 0) is 88.6 Å². The van der Waals surface area contributed by atoms with Crippen LogP contribution in [0.25, 0.3) is 21.9 Å². The van der Waals surface area contributed by atoms with Gasteiger partial charge in [0.25, 0.3) is 10.1 Å². The van der Waals surface area contributed by atoms with E-state index in [1.54, 1.807) is 30.3 Å². The molecule has 2 amide bonds. The van der Waals surface area contributed by atoms with Gasteiger partial charge in [-0.15, -0.1) is 4.33 Å². The van der Waals surface area contributed by atoms with E-state index in [4.69, 9.17) is 5.26 Å². The zero-order valence-corrected chi connectivity index (χ0v) is 25.3. The molecule has 11 nitrogen and oxygen atoms in total. The van der Waals surface area contributed by atoms with Crippen LogP contribution in [0.3, 0.4) is 0 Å². The Morgan fingerprint density at radius 2 is 1.53 bits per heavy atom. The van der Waals surface area contributed by atoms with Crippen molar-refractivity contribution < 1.29 is 45.2 Å². The van der Waals surface area contributed by atoms with Gasteiger partial charge < -0.3 is 10.6 Å². The Morgan fingerprint density at radius 3 is 2.22 bits per heavy atom. The van der Waals surface area contributed by atoms with Crippen molar-refractivity contribution in [1.29, 1.82) is 0 Å². The Bertz CT molecular complexity index is 2090. The van der Waals surface area contributed by atoms with E-state index in [1.807, 2.05) is 0 Å². The first-order valence-corrected chi connectivity index (χ1v) is 16.6. The third kappa shape index (κ3) is 7.49. The molecule has 45 heavy (non-hydrogen) atoms. The lowest BCUT2D eigenvalue weighted by Gasteiger charge is -2.12. The normalized spacial score (nSPS) is 11.8. The zero-order valence-electron chi connectivity index (χ0n) is 22.9. The predicted octanol–water partition coefficient (Wildman–Crippen LogP) is 6.48. The van der Waals surface area contributed by atoms with Crippen LogP contribution in [-0.2, 0) is 35.9 Å². The van der Waals surface area contributed by atoms with E-state index in [-0.39, 0.29) is 26.8 Å². The lowest BCUT2D eigenvalue weighted by atomic mass is 9.99. The second-order valence-corrected chi connectivity index (χ2v) is 13.6. The summed E-state index contributed by atoms with van der Waals surface area (Å²) in [6, 6.07) is 24.4. The molecule has 0 bridgehead atoms. The van der Waals surface area contributed by atoms with Crippen molar-refractivity contribution in [3.05, 3.63) is 115 Å². The molecule has 5 aromatic rings. The highest BCUT2D eigenvalue weighted by Crippen LogP contribution is 2.35. The zero-order chi connectivity index (χ0) is 32.2. The average molecular weight is 671 g/mol. The van der Waals surface area contributed by atoms with Crippen LogP contribution in [0.1, 0.15) is 5.56 Å². The van der Waals surface area contributed by atoms with E-state index in [9.17, 15) is 30.6 Å². The van der Waals surface area contributed by atoms with Crippen molar-refractivity contribution in [2.24, 2.45) is 0 Å². The molecule has 15 heteroatoms. The van der Waals surface area contributed by atoms with Gasteiger partial charge in [-0.3, -0.25) is 4.55 Å². The number of carbonyl (C=O) groups excluding carboxylic acids is 1. The van der Waals surface area contributed by atoms with E-state index in [2.05, 4.69) is 20.0 Å². The number of benzene rings is 5. The van der Waals surface area contributed by atoms with Crippen LogP contribution in [0.15, 0.2) is 123 Å². The summed E-state index contributed by atoms with van der Waals surface area (Å²) >= 11 is 0.478. The molecule has 0 heterocycles. The number of hydrogen-bond acceptors (Lipinski definition) is 9. The SMILES string of the molecule is O=C(NCc1ccc(F)c(-c2ccc3cc(S(=O)(=O)O)cc(SOOO)c3c2)c1)Nc1ccc(S(=O)(=O)c2ccccc2)cc1. The first-order chi connectivity index (χ1) is 21.5. The van der Waals surface area contributed by atoms with Crippen molar-refractivity contribution in [2.45, 2.75) is 26.1 Å². The monoisotopic (exact) mass is 670 g/mol. The van der Waals surface area contributed by atoms with Gasteiger partial charge in [0.2, 0.25) is 9.84 Å². The summed E-state index contributed by atoms with van der Waals surface area (Å²) in [5.74, 6) is -0.563. The number of sulfone groups is 1. The molecule has 0 saturated carbocycles. The van der Waals surface area contributed by atoms with Crippen LogP contribution in [0.4, 0.5) is 14.9 Å². The number of rotatable bonds is 10. The minimum absolute atomic E-state index is 0.0215. The summed E-state index contributed by atoms with van der Waals surface area (Å²) in [6.45, 7) is 0.0215. The van der Waals surface area contributed by atoms with Gasteiger partial charge in [-0.2, -0.15) is 8.42 Å². The summed E-state index contributed by atoms with van der Waals surface area (Å²) in [7, 11) is -8.27. The number of fused-ring (bicyclic) bond motifs is 1. The van der Waals surface area contributed by atoms with E-state index >= 15 is 0 Å². The first-order valence-electron chi connectivity index (χ1n) is 12.9. The minimum Gasteiger partial charge on any atom is -0.334 e. The maximum atomic E-state index is 15.0. The van der Waals surface area contributed by atoms with E-state index in [1.165, 1.54) is 66.7 Å². The molecule has 0 saturated heterocycles. The number of urea groups is 1. The Hall–Kier alpha value is -4.35. The van der Waals surface area contributed by atoms with Crippen LogP contribution in [0.5, 0.6) is 0 Å². The van der Waals surface area contributed by atoms with Gasteiger partial charge in [-0.25, -0.2) is 22.9 Å². The van der Waals surface area contributed by atoms with E-state index in [0.29, 0.717) is 39.6 Å². The molecule has 4 N–H and O–H groups in total. The van der Waals surface area contributed by atoms with Crippen LogP contribution < -0.4 is 10.6 Å². The lowest BCUT2D eigenvalue weighted by molar-refractivity contribution is -0.432. The third-order valence-electron chi connectivity index (χ3n) is 6.61. The fraction of sp³-hybridized carbons (Fsp3) is 0.0333. The maximum Gasteiger partial charge on any atom is 0.319 e. The number of anilines is 1. The molecule has 0 aromatic heterocycles. The maximum absolute atomic E-state index is 15.0. The molecule has 0 aliphatic heterocycles. The summed E-state index contributed by atoms with van der Waals surface area (Å²) < 4.78 is 77.9. The van der Waals surface area contributed by atoms with Gasteiger partial charge in [0.05, 0.1) is 26.7 Å². The molecule has 0 fully saturated rings. The van der Waals surface area contributed by atoms with Crippen molar-refractivity contribution >= 4 is 54.5 Å². The van der Waals surface area contributed by atoms with E-state index < -0.39 is 36.7 Å². The molecular weight excluding hydrogens is 648 g/mol. The van der Waals surface area contributed by atoms with Crippen molar-refractivity contribution in [2.75, 3.05) is 5.32 Å². The number of halogens is 1.